The average Bonchev–Trinajstić information content (AvgIpc) is 2.93. The third-order valence-corrected chi connectivity index (χ3v) is 7.66. The van der Waals surface area contributed by atoms with E-state index in [4.69, 9.17) is 0 Å². The molecule has 0 aromatic heterocycles. The number of hydrogen-bond acceptors (Lipinski definition) is 2. The van der Waals surface area contributed by atoms with Gasteiger partial charge in [0.25, 0.3) is 0 Å². The highest BCUT2D eigenvalue weighted by Crippen LogP contribution is 2.64. The molecule has 5 atom stereocenters. The maximum atomic E-state index is 12.8. The van der Waals surface area contributed by atoms with E-state index in [1.807, 2.05) is 6.07 Å². The van der Waals surface area contributed by atoms with Gasteiger partial charge in [0, 0.05) is 12.0 Å². The van der Waals surface area contributed by atoms with Gasteiger partial charge in [-0.2, -0.15) is 0 Å². The van der Waals surface area contributed by atoms with Crippen LogP contribution in [0.2, 0.25) is 0 Å². The van der Waals surface area contributed by atoms with E-state index in [0.29, 0.717) is 35.5 Å². The third-order valence-electron chi connectivity index (χ3n) is 7.66. The number of carbonyl (C=O) groups is 1. The predicted molar refractivity (Wildman–Crippen MR) is 101 cm³/mol. The van der Waals surface area contributed by atoms with Crippen LogP contribution in [0.4, 0.5) is 0 Å². The Morgan fingerprint density at radius 2 is 2.12 bits per heavy atom. The van der Waals surface area contributed by atoms with Crippen LogP contribution >= 0.6 is 0 Å². The predicted octanol–water partition coefficient (Wildman–Crippen LogP) is 5.86. The lowest BCUT2D eigenvalue weighted by atomic mass is 9.53. The third kappa shape index (κ3) is 2.48. The van der Waals surface area contributed by atoms with E-state index in [1.165, 1.54) is 43.2 Å². The summed E-state index contributed by atoms with van der Waals surface area (Å²) in [5.74, 6) is 2.67. The van der Waals surface area contributed by atoms with E-state index in [2.05, 4.69) is 20.4 Å². The molecule has 0 heterocycles. The van der Waals surface area contributed by atoms with Gasteiger partial charge in [0.1, 0.15) is 5.75 Å². The van der Waals surface area contributed by atoms with Gasteiger partial charge in [0.15, 0.2) is 5.78 Å². The van der Waals surface area contributed by atoms with Gasteiger partial charge in [-0.25, -0.2) is 0 Å². The maximum absolute atomic E-state index is 12.8. The summed E-state index contributed by atoms with van der Waals surface area (Å²) < 4.78 is 0. The van der Waals surface area contributed by atoms with Crippen LogP contribution in [0.25, 0.3) is 0 Å². The lowest BCUT2D eigenvalue weighted by Gasteiger charge is -2.51. The largest absolute Gasteiger partial charge is 0.508 e. The first-order valence-corrected chi connectivity index (χ1v) is 9.99. The smallest absolute Gasteiger partial charge is 0.163 e. The molecule has 0 saturated heterocycles. The van der Waals surface area contributed by atoms with Crippen molar-refractivity contribution in [1.29, 1.82) is 0 Å². The molecule has 1 aromatic rings. The Labute approximate surface area is 151 Å². The van der Waals surface area contributed by atoms with E-state index in [0.717, 1.165) is 12.0 Å². The number of fused-ring (bicyclic) bond motifs is 5. The van der Waals surface area contributed by atoms with Crippen molar-refractivity contribution in [1.82, 2.24) is 0 Å². The van der Waals surface area contributed by atoms with Crippen molar-refractivity contribution in [3.05, 3.63) is 41.5 Å². The molecule has 0 amide bonds. The van der Waals surface area contributed by atoms with Crippen molar-refractivity contribution in [2.24, 2.45) is 23.2 Å². The number of allylic oxidation sites excluding steroid dienone is 1. The maximum Gasteiger partial charge on any atom is 0.163 e. The van der Waals surface area contributed by atoms with Gasteiger partial charge < -0.3 is 5.11 Å². The normalized spacial score (nSPS) is 36.5. The van der Waals surface area contributed by atoms with E-state index in [-0.39, 0.29) is 11.5 Å². The topological polar surface area (TPSA) is 37.3 Å². The highest BCUT2D eigenvalue weighted by molar-refractivity contribution is 5.99. The second-order valence-corrected chi connectivity index (χ2v) is 8.86. The number of carbonyl (C=O) groups excluding carboxylic acids is 1. The van der Waals surface area contributed by atoms with Gasteiger partial charge in [-0.15, -0.1) is 0 Å². The Bertz CT molecular complexity index is 719. The molecule has 0 spiro atoms. The van der Waals surface area contributed by atoms with E-state index >= 15 is 0 Å². The molecule has 1 N–H and O–H groups in total. The van der Waals surface area contributed by atoms with Crippen LogP contribution < -0.4 is 0 Å². The molecular formula is C23H30O2. The molecular weight excluding hydrogens is 308 g/mol. The summed E-state index contributed by atoms with van der Waals surface area (Å²) in [7, 11) is 0. The second kappa shape index (κ2) is 6.00. The standard InChI is InChI=1S/C23H30O2/c1-4-5-14(2)20-8-9-21-18-13-22(25)19-12-15(24)6-7-16(19)17(18)10-11-23(20,21)3/h6-7,12,17-18,20-21,24H,2,4-5,8-11,13H2,1,3H3/t17-,18-,20-,21+,23-/m1/s1. The molecule has 3 aliphatic carbocycles. The summed E-state index contributed by atoms with van der Waals surface area (Å²) in [5.41, 5.74) is 3.73. The Hall–Kier alpha value is -1.57. The SMILES string of the molecule is C=C(CCC)[C@H]1CC[C@H]2[C@@H]3CC(=O)c4cc(O)ccc4[C@H]3CC[C@]12C. The van der Waals surface area contributed by atoms with Crippen molar-refractivity contribution in [2.45, 2.75) is 64.7 Å². The molecule has 4 rings (SSSR count). The van der Waals surface area contributed by atoms with Crippen molar-refractivity contribution in [2.75, 3.05) is 0 Å². The number of Topliss-reactive ketones (excluding diaryl/α,β-unsaturated/α-hetero) is 1. The zero-order valence-corrected chi connectivity index (χ0v) is 15.6. The molecule has 2 fully saturated rings. The van der Waals surface area contributed by atoms with Gasteiger partial charge in [-0.1, -0.05) is 38.5 Å². The van der Waals surface area contributed by atoms with Crippen molar-refractivity contribution in [3.8, 4) is 5.75 Å². The van der Waals surface area contributed by atoms with Gasteiger partial charge >= 0.3 is 0 Å². The summed E-state index contributed by atoms with van der Waals surface area (Å²) >= 11 is 0. The van der Waals surface area contributed by atoms with E-state index in [9.17, 15) is 9.90 Å². The fraction of sp³-hybridized carbons (Fsp3) is 0.609. The minimum Gasteiger partial charge on any atom is -0.508 e. The fourth-order valence-electron chi connectivity index (χ4n) is 6.56. The number of phenols is 1. The minimum atomic E-state index is 0.211. The summed E-state index contributed by atoms with van der Waals surface area (Å²) in [6.07, 6.45) is 7.87. The summed E-state index contributed by atoms with van der Waals surface area (Å²) in [6, 6.07) is 5.44. The van der Waals surface area contributed by atoms with Crippen LogP contribution in [0.3, 0.4) is 0 Å². The summed E-state index contributed by atoms with van der Waals surface area (Å²) in [4.78, 5) is 12.8. The van der Waals surface area contributed by atoms with Crippen LogP contribution in [0.1, 0.15) is 80.6 Å². The number of ketones is 1. The summed E-state index contributed by atoms with van der Waals surface area (Å²) in [6.45, 7) is 9.15. The van der Waals surface area contributed by atoms with Gasteiger partial charge in [0.2, 0.25) is 0 Å². The molecule has 2 saturated carbocycles. The highest BCUT2D eigenvalue weighted by atomic mass is 16.3. The molecule has 134 valence electrons. The van der Waals surface area contributed by atoms with Crippen LogP contribution in [-0.4, -0.2) is 10.9 Å². The van der Waals surface area contributed by atoms with Crippen molar-refractivity contribution < 1.29 is 9.90 Å². The Morgan fingerprint density at radius 1 is 1.32 bits per heavy atom. The summed E-state index contributed by atoms with van der Waals surface area (Å²) in [5, 5.41) is 9.78. The first-order valence-electron chi connectivity index (χ1n) is 9.99. The van der Waals surface area contributed by atoms with Gasteiger partial charge in [-0.05, 0) is 78.9 Å². The Balaban J connectivity index is 1.67. The molecule has 2 heteroatoms. The Morgan fingerprint density at radius 3 is 2.88 bits per heavy atom. The highest BCUT2D eigenvalue weighted by Gasteiger charge is 2.55. The molecule has 2 nitrogen and oxygen atoms in total. The molecule has 0 bridgehead atoms. The van der Waals surface area contributed by atoms with E-state index < -0.39 is 0 Å². The van der Waals surface area contributed by atoms with Crippen LogP contribution in [0.15, 0.2) is 30.4 Å². The number of aromatic hydroxyl groups is 1. The molecule has 1 aromatic carbocycles. The quantitative estimate of drug-likeness (QED) is 0.701. The van der Waals surface area contributed by atoms with Crippen molar-refractivity contribution in [3.63, 3.8) is 0 Å². The van der Waals surface area contributed by atoms with E-state index in [1.54, 1.807) is 12.1 Å². The molecule has 3 aliphatic rings. The monoisotopic (exact) mass is 338 g/mol. The second-order valence-electron chi connectivity index (χ2n) is 8.86. The first kappa shape index (κ1) is 16.9. The molecule has 25 heavy (non-hydrogen) atoms. The van der Waals surface area contributed by atoms with Gasteiger partial charge in [-0.3, -0.25) is 4.79 Å². The minimum absolute atomic E-state index is 0.211. The Kier molecular flexibility index (Phi) is 4.05. The van der Waals surface area contributed by atoms with Crippen LogP contribution in [0, 0.1) is 23.2 Å². The number of rotatable bonds is 3. The fourth-order valence-corrected chi connectivity index (χ4v) is 6.56. The lowest BCUT2D eigenvalue weighted by molar-refractivity contribution is 0.0357. The number of benzene rings is 1. The number of hydrogen-bond donors (Lipinski definition) is 1. The van der Waals surface area contributed by atoms with Gasteiger partial charge in [0.05, 0.1) is 0 Å². The molecule has 0 aliphatic heterocycles. The molecule has 0 radical (unpaired) electrons. The van der Waals surface area contributed by atoms with Crippen LogP contribution in [0.5, 0.6) is 5.75 Å². The molecule has 0 unspecified atom stereocenters. The first-order chi connectivity index (χ1) is 12.0. The van der Waals surface area contributed by atoms with Crippen molar-refractivity contribution >= 4 is 5.78 Å². The number of phenolic OH excluding ortho intramolecular Hbond substituents is 1. The zero-order valence-electron chi connectivity index (χ0n) is 15.6. The lowest BCUT2D eigenvalue weighted by Crippen LogP contribution is -2.43. The zero-order chi connectivity index (χ0) is 17.8. The van der Waals surface area contributed by atoms with Crippen LogP contribution in [-0.2, 0) is 0 Å². The average molecular weight is 338 g/mol.